The van der Waals surface area contributed by atoms with Crippen LogP contribution in [0.5, 0.6) is 11.5 Å². The summed E-state index contributed by atoms with van der Waals surface area (Å²) in [4.78, 5) is 32.8. The number of fused-ring (bicyclic) bond motifs is 1. The van der Waals surface area contributed by atoms with Crippen molar-refractivity contribution in [3.63, 3.8) is 0 Å². The lowest BCUT2D eigenvalue weighted by Gasteiger charge is -2.36. The molecule has 2 atom stereocenters. The number of esters is 1. The van der Waals surface area contributed by atoms with E-state index in [4.69, 9.17) is 19.2 Å². The van der Waals surface area contributed by atoms with E-state index in [9.17, 15) is 9.59 Å². The van der Waals surface area contributed by atoms with Gasteiger partial charge in [0, 0.05) is 18.8 Å². The number of aliphatic imine (C=N–C) groups is 1. The number of rotatable bonds is 9. The summed E-state index contributed by atoms with van der Waals surface area (Å²) in [5.74, 6) is 0.821. The molecule has 3 heterocycles. The van der Waals surface area contributed by atoms with Crippen LogP contribution in [0.4, 0.5) is 0 Å². The minimum atomic E-state index is -0.517. The first-order chi connectivity index (χ1) is 18.6. The number of ether oxygens (including phenoxy) is 3. The van der Waals surface area contributed by atoms with Gasteiger partial charge in [0.2, 0.25) is 5.91 Å². The number of hydrogen-bond donors (Lipinski definition) is 1. The number of thioether (sulfide) groups is 1. The third kappa shape index (κ3) is 5.63. The number of methoxy groups -OCH3 is 1. The summed E-state index contributed by atoms with van der Waals surface area (Å²) < 4.78 is 16.9. The molecule has 1 amide bonds. The molecule has 198 valence electrons. The molecule has 1 N–H and O–H groups in total. The molecule has 0 bridgehead atoms. The smallest absolute Gasteiger partial charge is 0.338 e. The normalized spacial score (nSPS) is 20.5. The molecule has 0 saturated carbocycles. The second kappa shape index (κ2) is 11.9. The Hall–Kier alpha value is -3.56. The molecule has 0 aromatic heterocycles. The van der Waals surface area contributed by atoms with E-state index in [1.807, 2.05) is 71.8 Å². The van der Waals surface area contributed by atoms with Gasteiger partial charge >= 0.3 is 5.97 Å². The van der Waals surface area contributed by atoms with E-state index < -0.39 is 12.0 Å². The first kappa shape index (κ1) is 26.1. The molecular formula is C29H31N3O5S. The third-order valence-electron chi connectivity index (χ3n) is 6.67. The van der Waals surface area contributed by atoms with Crippen LogP contribution >= 0.6 is 11.8 Å². The number of allylic oxidation sites excluding steroid dienone is 1. The van der Waals surface area contributed by atoms with Crippen molar-refractivity contribution >= 4 is 28.8 Å². The van der Waals surface area contributed by atoms with Crippen LogP contribution in [-0.2, 0) is 19.1 Å². The third-order valence-corrected chi connectivity index (χ3v) is 7.56. The minimum absolute atomic E-state index is 0.0686. The van der Waals surface area contributed by atoms with E-state index in [0.717, 1.165) is 35.9 Å². The molecule has 9 heteroatoms. The number of carbonyl (C=O) groups is 2. The van der Waals surface area contributed by atoms with E-state index in [-0.39, 0.29) is 18.4 Å². The molecule has 0 radical (unpaired) electrons. The Balaban J connectivity index is 1.45. The van der Waals surface area contributed by atoms with Crippen molar-refractivity contribution in [2.45, 2.75) is 44.8 Å². The average molecular weight is 534 g/mol. The van der Waals surface area contributed by atoms with Gasteiger partial charge in [0.1, 0.15) is 11.5 Å². The molecule has 1 fully saturated rings. The number of amides is 1. The average Bonchev–Trinajstić information content (AvgIpc) is 3.61. The van der Waals surface area contributed by atoms with Gasteiger partial charge in [-0.2, -0.15) is 0 Å². The highest BCUT2D eigenvalue weighted by atomic mass is 32.2. The second-order valence-corrected chi connectivity index (χ2v) is 10.0. The minimum Gasteiger partial charge on any atom is -0.466 e. The fourth-order valence-electron chi connectivity index (χ4n) is 4.86. The maximum Gasteiger partial charge on any atom is 0.338 e. The lowest BCUT2D eigenvalue weighted by molar-refractivity contribution is -0.136. The van der Waals surface area contributed by atoms with E-state index >= 15 is 0 Å². The van der Waals surface area contributed by atoms with Crippen molar-refractivity contribution in [3.05, 3.63) is 82.5 Å². The molecule has 5 rings (SSSR count). The number of hydrogen-bond acceptors (Lipinski definition) is 8. The van der Waals surface area contributed by atoms with Crippen molar-refractivity contribution in [3.8, 4) is 11.5 Å². The Morgan fingerprint density at radius 2 is 1.97 bits per heavy atom. The maximum absolute atomic E-state index is 13.1. The number of para-hydroxylation sites is 1. The first-order valence-corrected chi connectivity index (χ1v) is 13.7. The molecule has 0 aliphatic carbocycles. The predicted octanol–water partition coefficient (Wildman–Crippen LogP) is 5.30. The highest BCUT2D eigenvalue weighted by molar-refractivity contribution is 8.16. The van der Waals surface area contributed by atoms with E-state index in [0.29, 0.717) is 35.7 Å². The highest BCUT2D eigenvalue weighted by Crippen LogP contribution is 2.46. The van der Waals surface area contributed by atoms with E-state index in [1.54, 1.807) is 0 Å². The SMILES string of the molecule is CCC1=C(C(=O)OC)[C@@H](c2cccc(Oc3ccccc3)c2)N2C(CC(=O)NC[C@@H]3CCCO3)=CSC2=N1. The van der Waals surface area contributed by atoms with Gasteiger partial charge in [0.05, 0.1) is 36.9 Å². The van der Waals surface area contributed by atoms with Gasteiger partial charge in [-0.1, -0.05) is 49.0 Å². The summed E-state index contributed by atoms with van der Waals surface area (Å²) >= 11 is 1.46. The van der Waals surface area contributed by atoms with Gasteiger partial charge in [-0.3, -0.25) is 4.79 Å². The summed E-state index contributed by atoms with van der Waals surface area (Å²) in [6.07, 6.45) is 2.77. The molecular weight excluding hydrogens is 502 g/mol. The van der Waals surface area contributed by atoms with Gasteiger partial charge in [0.25, 0.3) is 0 Å². The fourth-order valence-corrected chi connectivity index (χ4v) is 5.80. The molecule has 0 spiro atoms. The van der Waals surface area contributed by atoms with Crippen molar-refractivity contribution < 1.29 is 23.8 Å². The summed E-state index contributed by atoms with van der Waals surface area (Å²) in [5.41, 5.74) is 2.75. The number of benzene rings is 2. The van der Waals surface area contributed by atoms with Crippen LogP contribution in [0.3, 0.4) is 0 Å². The van der Waals surface area contributed by atoms with Gasteiger partial charge in [-0.15, -0.1) is 0 Å². The largest absolute Gasteiger partial charge is 0.466 e. The van der Waals surface area contributed by atoms with Crippen molar-refractivity contribution in [2.75, 3.05) is 20.3 Å². The maximum atomic E-state index is 13.1. The summed E-state index contributed by atoms with van der Waals surface area (Å²) in [6, 6.07) is 16.7. The molecule has 2 aromatic rings. The molecule has 38 heavy (non-hydrogen) atoms. The van der Waals surface area contributed by atoms with E-state index in [2.05, 4.69) is 5.32 Å². The topological polar surface area (TPSA) is 89.5 Å². The zero-order chi connectivity index (χ0) is 26.5. The van der Waals surface area contributed by atoms with Crippen molar-refractivity contribution in [1.82, 2.24) is 10.2 Å². The van der Waals surface area contributed by atoms with Gasteiger partial charge in [0.15, 0.2) is 5.17 Å². The van der Waals surface area contributed by atoms with Gasteiger partial charge in [-0.05, 0) is 54.5 Å². The second-order valence-electron chi connectivity index (χ2n) is 9.20. The number of carbonyl (C=O) groups excluding carboxylic acids is 2. The predicted molar refractivity (Wildman–Crippen MR) is 147 cm³/mol. The van der Waals surface area contributed by atoms with Gasteiger partial charge < -0.3 is 24.4 Å². The first-order valence-electron chi connectivity index (χ1n) is 12.8. The van der Waals surface area contributed by atoms with Crippen molar-refractivity contribution in [1.29, 1.82) is 0 Å². The summed E-state index contributed by atoms with van der Waals surface area (Å²) in [6.45, 7) is 3.21. The fraction of sp³-hybridized carbons (Fsp3) is 0.345. The van der Waals surface area contributed by atoms with Crippen LogP contribution in [0.15, 0.2) is 82.0 Å². The van der Waals surface area contributed by atoms with Crippen LogP contribution in [0, 0.1) is 0 Å². The van der Waals surface area contributed by atoms with Gasteiger partial charge in [-0.25, -0.2) is 9.79 Å². The monoisotopic (exact) mass is 533 g/mol. The summed E-state index contributed by atoms with van der Waals surface area (Å²) in [7, 11) is 1.38. The lowest BCUT2D eigenvalue weighted by atomic mass is 9.92. The van der Waals surface area contributed by atoms with Crippen LogP contribution in [0.2, 0.25) is 0 Å². The number of nitrogens with zero attached hydrogens (tertiary/aromatic N) is 2. The molecule has 3 aliphatic heterocycles. The van der Waals surface area contributed by atoms with Crippen LogP contribution < -0.4 is 10.1 Å². The van der Waals surface area contributed by atoms with E-state index in [1.165, 1.54) is 18.9 Å². The quantitative estimate of drug-likeness (QED) is 0.438. The molecule has 3 aliphatic rings. The summed E-state index contributed by atoms with van der Waals surface area (Å²) in [5, 5.41) is 5.67. The molecule has 0 unspecified atom stereocenters. The Bertz CT molecular complexity index is 1280. The van der Waals surface area contributed by atoms with Crippen LogP contribution in [-0.4, -0.2) is 48.3 Å². The van der Waals surface area contributed by atoms with Crippen LogP contribution in [0.1, 0.15) is 44.2 Å². The van der Waals surface area contributed by atoms with Crippen LogP contribution in [0.25, 0.3) is 0 Å². The Kier molecular flexibility index (Phi) is 8.14. The Morgan fingerprint density at radius 3 is 2.71 bits per heavy atom. The zero-order valence-corrected chi connectivity index (χ0v) is 22.3. The molecule has 8 nitrogen and oxygen atoms in total. The number of amidine groups is 1. The molecule has 2 aromatic carbocycles. The van der Waals surface area contributed by atoms with Crippen molar-refractivity contribution in [2.24, 2.45) is 4.99 Å². The standard InChI is InChI=1S/C29H31N3O5S/c1-3-24-26(28(34)35-2)27(19-9-7-12-22(15-19)37-21-10-5-4-6-11-21)32-20(18-38-29(32)31-24)16-25(33)30-17-23-13-8-14-36-23/h4-7,9-12,15,18,23,27H,3,8,13-14,16-17H2,1-2H3,(H,30,33)/t23-,27+/m0/s1. The highest BCUT2D eigenvalue weighted by Gasteiger charge is 2.41. The Labute approximate surface area is 226 Å². The molecule has 1 saturated heterocycles. The Morgan fingerprint density at radius 1 is 1.16 bits per heavy atom. The zero-order valence-electron chi connectivity index (χ0n) is 21.5. The lowest BCUT2D eigenvalue weighted by Crippen LogP contribution is -2.39. The number of nitrogens with one attached hydrogen (secondary N) is 1.